The van der Waals surface area contributed by atoms with Crippen molar-refractivity contribution in [2.24, 2.45) is 0 Å². The van der Waals surface area contributed by atoms with Gasteiger partial charge in [0.25, 0.3) is 0 Å². The van der Waals surface area contributed by atoms with Gasteiger partial charge in [-0.25, -0.2) is 0 Å². The molecule has 1 saturated heterocycles. The van der Waals surface area contributed by atoms with E-state index in [1.165, 1.54) is 21.2 Å². The lowest BCUT2D eigenvalue weighted by molar-refractivity contribution is 0.0676. The van der Waals surface area contributed by atoms with E-state index in [1.807, 2.05) is 0 Å². The Balaban J connectivity index is 1.52. The Kier molecular flexibility index (Phi) is 5.31. The molecule has 0 radical (unpaired) electrons. The van der Waals surface area contributed by atoms with E-state index >= 15 is 0 Å². The summed E-state index contributed by atoms with van der Waals surface area (Å²) in [5, 5.41) is 8.19. The lowest BCUT2D eigenvalue weighted by atomic mass is 10.0. The molecule has 4 rings (SSSR count). The van der Waals surface area contributed by atoms with E-state index in [-0.39, 0.29) is 6.10 Å². The Labute approximate surface area is 152 Å². The van der Waals surface area contributed by atoms with Crippen LogP contribution < -0.4 is 10.1 Å². The van der Waals surface area contributed by atoms with Crippen molar-refractivity contribution in [2.45, 2.75) is 32.0 Å². The first-order valence-corrected chi connectivity index (χ1v) is 9.76. The van der Waals surface area contributed by atoms with Gasteiger partial charge in [0.1, 0.15) is 12.4 Å². The van der Waals surface area contributed by atoms with Crippen LogP contribution in [0.3, 0.4) is 0 Å². The molecular formula is C21H23NO2S. The van der Waals surface area contributed by atoms with Gasteiger partial charge in [-0.3, -0.25) is 0 Å². The van der Waals surface area contributed by atoms with Crippen molar-refractivity contribution in [1.29, 1.82) is 0 Å². The molecule has 130 valence electrons. The number of ether oxygens (including phenoxy) is 2. The van der Waals surface area contributed by atoms with Crippen molar-refractivity contribution >= 4 is 22.1 Å². The van der Waals surface area contributed by atoms with E-state index in [9.17, 15) is 0 Å². The van der Waals surface area contributed by atoms with Crippen LogP contribution in [0.5, 0.6) is 5.75 Å². The van der Waals surface area contributed by atoms with E-state index in [0.717, 1.165) is 38.3 Å². The van der Waals surface area contributed by atoms with Gasteiger partial charge in [0.05, 0.1) is 6.10 Å². The molecule has 1 aromatic heterocycles. The number of rotatable bonds is 7. The molecular weight excluding hydrogens is 330 g/mol. The SMILES string of the molecule is c1csc(CNCc2c(OCC3CCCO3)ccc3ccccc23)c1. The van der Waals surface area contributed by atoms with Crippen molar-refractivity contribution in [1.82, 2.24) is 5.32 Å². The summed E-state index contributed by atoms with van der Waals surface area (Å²) in [7, 11) is 0. The standard InChI is InChI=1S/C21H23NO2S/c1-2-8-19-16(5-1)9-10-21(24-15-17-6-3-11-23-17)20(19)14-22-13-18-7-4-12-25-18/h1-2,4-5,7-10,12,17,22H,3,6,11,13-15H2. The van der Waals surface area contributed by atoms with Gasteiger partial charge >= 0.3 is 0 Å². The van der Waals surface area contributed by atoms with Crippen molar-refractivity contribution in [3.63, 3.8) is 0 Å². The van der Waals surface area contributed by atoms with Crippen LogP contribution >= 0.6 is 11.3 Å². The van der Waals surface area contributed by atoms with E-state index in [1.54, 1.807) is 11.3 Å². The van der Waals surface area contributed by atoms with E-state index in [4.69, 9.17) is 9.47 Å². The Morgan fingerprint density at radius 1 is 1.08 bits per heavy atom. The Morgan fingerprint density at radius 3 is 2.88 bits per heavy atom. The zero-order valence-corrected chi connectivity index (χ0v) is 15.1. The summed E-state index contributed by atoms with van der Waals surface area (Å²) in [4.78, 5) is 1.35. The summed E-state index contributed by atoms with van der Waals surface area (Å²) in [6.07, 6.45) is 2.47. The molecule has 25 heavy (non-hydrogen) atoms. The van der Waals surface area contributed by atoms with E-state index in [2.05, 4.69) is 59.2 Å². The maximum atomic E-state index is 6.15. The maximum Gasteiger partial charge on any atom is 0.124 e. The molecule has 0 saturated carbocycles. The van der Waals surface area contributed by atoms with Gasteiger partial charge in [-0.15, -0.1) is 11.3 Å². The monoisotopic (exact) mass is 353 g/mol. The molecule has 0 amide bonds. The summed E-state index contributed by atoms with van der Waals surface area (Å²) >= 11 is 1.78. The molecule has 3 aromatic rings. The zero-order chi connectivity index (χ0) is 16.9. The average molecular weight is 353 g/mol. The largest absolute Gasteiger partial charge is 0.491 e. The van der Waals surface area contributed by atoms with Crippen molar-refractivity contribution < 1.29 is 9.47 Å². The summed E-state index contributed by atoms with van der Waals surface area (Å²) in [6, 6.07) is 17.0. The first-order valence-electron chi connectivity index (χ1n) is 8.88. The molecule has 0 spiro atoms. The van der Waals surface area contributed by atoms with Crippen molar-refractivity contribution in [3.8, 4) is 5.75 Å². The topological polar surface area (TPSA) is 30.5 Å². The van der Waals surface area contributed by atoms with Crippen LogP contribution in [-0.4, -0.2) is 19.3 Å². The Hall–Kier alpha value is -1.88. The highest BCUT2D eigenvalue weighted by Gasteiger charge is 2.17. The quantitative estimate of drug-likeness (QED) is 0.665. The zero-order valence-electron chi connectivity index (χ0n) is 14.2. The van der Waals surface area contributed by atoms with Gasteiger partial charge in [-0.05, 0) is 41.1 Å². The first-order chi connectivity index (χ1) is 12.4. The van der Waals surface area contributed by atoms with Crippen LogP contribution in [0.15, 0.2) is 53.9 Å². The van der Waals surface area contributed by atoms with Crippen LogP contribution in [0.1, 0.15) is 23.3 Å². The van der Waals surface area contributed by atoms with Gasteiger partial charge in [-0.2, -0.15) is 0 Å². The number of fused-ring (bicyclic) bond motifs is 1. The molecule has 4 heteroatoms. The summed E-state index contributed by atoms with van der Waals surface area (Å²) in [6.45, 7) is 3.17. The molecule has 2 aromatic carbocycles. The number of thiophene rings is 1. The molecule has 0 bridgehead atoms. The van der Waals surface area contributed by atoms with Gasteiger partial charge in [0.15, 0.2) is 0 Å². The fourth-order valence-electron chi connectivity index (χ4n) is 3.32. The van der Waals surface area contributed by atoms with Crippen LogP contribution in [0.2, 0.25) is 0 Å². The third-order valence-corrected chi connectivity index (χ3v) is 5.50. The van der Waals surface area contributed by atoms with Crippen molar-refractivity contribution in [3.05, 3.63) is 64.4 Å². The molecule has 3 nitrogen and oxygen atoms in total. The third-order valence-electron chi connectivity index (χ3n) is 4.63. The number of hydrogen-bond acceptors (Lipinski definition) is 4. The predicted molar refractivity (Wildman–Crippen MR) is 103 cm³/mol. The fraction of sp³-hybridized carbons (Fsp3) is 0.333. The highest BCUT2D eigenvalue weighted by molar-refractivity contribution is 7.09. The minimum Gasteiger partial charge on any atom is -0.491 e. The minimum absolute atomic E-state index is 0.235. The molecule has 2 heterocycles. The van der Waals surface area contributed by atoms with Crippen LogP contribution in [-0.2, 0) is 17.8 Å². The Morgan fingerprint density at radius 2 is 2.04 bits per heavy atom. The summed E-state index contributed by atoms with van der Waals surface area (Å²) in [5.74, 6) is 0.966. The normalized spacial score (nSPS) is 17.2. The lowest BCUT2D eigenvalue weighted by Gasteiger charge is -2.17. The van der Waals surface area contributed by atoms with Crippen molar-refractivity contribution in [2.75, 3.05) is 13.2 Å². The predicted octanol–water partition coefficient (Wildman–Crippen LogP) is 4.75. The second-order valence-corrected chi connectivity index (χ2v) is 7.42. The van der Waals surface area contributed by atoms with Crippen LogP contribution in [0.25, 0.3) is 10.8 Å². The smallest absolute Gasteiger partial charge is 0.124 e. The average Bonchev–Trinajstić information content (AvgIpc) is 3.34. The Bertz CT molecular complexity index is 810. The minimum atomic E-state index is 0.235. The number of nitrogens with one attached hydrogen (secondary N) is 1. The third kappa shape index (κ3) is 4.03. The van der Waals surface area contributed by atoms with Crippen LogP contribution in [0.4, 0.5) is 0 Å². The first kappa shape index (κ1) is 16.6. The molecule has 1 fully saturated rings. The van der Waals surface area contributed by atoms with E-state index in [0.29, 0.717) is 6.61 Å². The molecule has 1 aliphatic heterocycles. The van der Waals surface area contributed by atoms with Gasteiger partial charge in [0.2, 0.25) is 0 Å². The molecule has 1 aliphatic rings. The second-order valence-electron chi connectivity index (χ2n) is 6.39. The number of hydrogen-bond donors (Lipinski definition) is 1. The lowest BCUT2D eigenvalue weighted by Crippen LogP contribution is -2.18. The maximum absolute atomic E-state index is 6.15. The van der Waals surface area contributed by atoms with E-state index < -0.39 is 0 Å². The summed E-state index contributed by atoms with van der Waals surface area (Å²) in [5.41, 5.74) is 1.23. The second kappa shape index (κ2) is 8.00. The molecule has 1 N–H and O–H groups in total. The van der Waals surface area contributed by atoms with Gasteiger partial charge in [0, 0.05) is 30.1 Å². The molecule has 0 aliphatic carbocycles. The highest BCUT2D eigenvalue weighted by atomic mass is 32.1. The van der Waals surface area contributed by atoms with Crippen LogP contribution in [0, 0.1) is 0 Å². The fourth-order valence-corrected chi connectivity index (χ4v) is 3.99. The van der Waals surface area contributed by atoms with Gasteiger partial charge < -0.3 is 14.8 Å². The molecule has 1 atom stereocenters. The summed E-state index contributed by atoms with van der Waals surface area (Å²) < 4.78 is 11.8. The number of benzene rings is 2. The highest BCUT2D eigenvalue weighted by Crippen LogP contribution is 2.29. The molecule has 1 unspecified atom stereocenters. The van der Waals surface area contributed by atoms with Gasteiger partial charge in [-0.1, -0.05) is 36.4 Å².